The van der Waals surface area contributed by atoms with Gasteiger partial charge in [0.15, 0.2) is 0 Å². The molecular formula is C18H16N2O4. The molecule has 2 heterocycles. The minimum atomic E-state index is -0.581. The maximum atomic E-state index is 12.2. The molecule has 24 heavy (non-hydrogen) atoms. The van der Waals surface area contributed by atoms with Crippen LogP contribution in [-0.4, -0.2) is 22.0 Å². The maximum Gasteiger partial charge on any atom is 0.344 e. The second kappa shape index (κ2) is 6.54. The zero-order valence-electron chi connectivity index (χ0n) is 13.4. The van der Waals surface area contributed by atoms with Crippen LogP contribution in [0.5, 0.6) is 11.6 Å². The van der Waals surface area contributed by atoms with Gasteiger partial charge in [0.2, 0.25) is 5.88 Å². The van der Waals surface area contributed by atoms with Gasteiger partial charge in [-0.3, -0.25) is 9.20 Å². The van der Waals surface area contributed by atoms with E-state index in [-0.39, 0.29) is 11.4 Å². The Morgan fingerprint density at radius 2 is 1.96 bits per heavy atom. The van der Waals surface area contributed by atoms with Crippen LogP contribution in [0.1, 0.15) is 22.8 Å². The summed E-state index contributed by atoms with van der Waals surface area (Å²) in [6, 6.07) is 11.4. The fourth-order valence-electron chi connectivity index (χ4n) is 2.30. The molecule has 0 saturated heterocycles. The van der Waals surface area contributed by atoms with Crippen molar-refractivity contribution in [3.63, 3.8) is 0 Å². The third kappa shape index (κ3) is 3.12. The summed E-state index contributed by atoms with van der Waals surface area (Å²) in [5, 5.41) is 0. The lowest BCUT2D eigenvalue weighted by Crippen LogP contribution is -2.17. The van der Waals surface area contributed by atoms with Crippen LogP contribution in [0.2, 0.25) is 0 Å². The number of hydrogen-bond acceptors (Lipinski definition) is 5. The number of pyridine rings is 1. The molecule has 0 spiro atoms. The lowest BCUT2D eigenvalue weighted by atomic mass is 10.2. The first-order valence-electron chi connectivity index (χ1n) is 7.52. The van der Waals surface area contributed by atoms with E-state index in [1.807, 2.05) is 19.9 Å². The second-order valence-electron chi connectivity index (χ2n) is 5.16. The van der Waals surface area contributed by atoms with Gasteiger partial charge in [-0.1, -0.05) is 6.07 Å². The first kappa shape index (κ1) is 15.7. The average molecular weight is 324 g/mol. The van der Waals surface area contributed by atoms with Gasteiger partial charge in [0, 0.05) is 6.20 Å². The molecule has 0 N–H and O–H groups in total. The number of rotatable bonds is 4. The zero-order valence-corrected chi connectivity index (χ0v) is 13.4. The molecule has 3 aromatic rings. The van der Waals surface area contributed by atoms with E-state index >= 15 is 0 Å². The van der Waals surface area contributed by atoms with Crippen molar-refractivity contribution >= 4 is 11.6 Å². The summed E-state index contributed by atoms with van der Waals surface area (Å²) in [6.45, 7) is 4.27. The van der Waals surface area contributed by atoms with Crippen molar-refractivity contribution in [3.8, 4) is 11.6 Å². The summed E-state index contributed by atoms with van der Waals surface area (Å²) in [6.07, 6.45) is 1.62. The summed E-state index contributed by atoms with van der Waals surface area (Å²) >= 11 is 0. The number of hydrogen-bond donors (Lipinski definition) is 0. The van der Waals surface area contributed by atoms with Gasteiger partial charge in [-0.15, -0.1) is 0 Å². The van der Waals surface area contributed by atoms with Gasteiger partial charge in [0.05, 0.1) is 18.2 Å². The van der Waals surface area contributed by atoms with E-state index in [1.165, 1.54) is 10.5 Å². The van der Waals surface area contributed by atoms with E-state index in [9.17, 15) is 9.59 Å². The van der Waals surface area contributed by atoms with Crippen LogP contribution in [0.3, 0.4) is 0 Å². The predicted molar refractivity (Wildman–Crippen MR) is 88.8 cm³/mol. The van der Waals surface area contributed by atoms with Crippen molar-refractivity contribution < 1.29 is 14.3 Å². The van der Waals surface area contributed by atoms with Crippen LogP contribution in [-0.2, 0) is 0 Å². The summed E-state index contributed by atoms with van der Waals surface area (Å²) in [4.78, 5) is 28.5. The van der Waals surface area contributed by atoms with Crippen LogP contribution >= 0.6 is 0 Å². The second-order valence-corrected chi connectivity index (χ2v) is 5.16. The molecule has 3 rings (SSSR count). The van der Waals surface area contributed by atoms with Gasteiger partial charge < -0.3 is 9.47 Å². The zero-order chi connectivity index (χ0) is 17.1. The highest BCUT2D eigenvalue weighted by Gasteiger charge is 2.12. The number of esters is 1. The number of carbonyl (C=O) groups excluding carboxylic acids is 1. The molecule has 6 nitrogen and oxygen atoms in total. The Labute approximate surface area is 138 Å². The molecule has 0 atom stereocenters. The number of benzene rings is 1. The molecule has 122 valence electrons. The molecule has 0 amide bonds. The largest absolute Gasteiger partial charge is 0.494 e. The first-order valence-corrected chi connectivity index (χ1v) is 7.52. The molecule has 0 radical (unpaired) electrons. The Bertz CT molecular complexity index is 945. The van der Waals surface area contributed by atoms with Crippen molar-refractivity contribution in [3.05, 3.63) is 70.1 Å². The van der Waals surface area contributed by atoms with Gasteiger partial charge in [0.25, 0.3) is 5.56 Å². The molecular weight excluding hydrogens is 308 g/mol. The molecule has 0 aliphatic rings. The average Bonchev–Trinajstić information content (AvgIpc) is 2.57. The monoisotopic (exact) mass is 324 g/mol. The number of fused-ring (bicyclic) bond motifs is 1. The Kier molecular flexibility index (Phi) is 4.29. The van der Waals surface area contributed by atoms with E-state index in [2.05, 4.69) is 4.98 Å². The van der Waals surface area contributed by atoms with Crippen molar-refractivity contribution in [1.29, 1.82) is 0 Å². The summed E-state index contributed by atoms with van der Waals surface area (Å²) in [7, 11) is 0. The lowest BCUT2D eigenvalue weighted by molar-refractivity contribution is 0.0727. The van der Waals surface area contributed by atoms with Crippen molar-refractivity contribution in [2.45, 2.75) is 13.8 Å². The maximum absolute atomic E-state index is 12.2. The van der Waals surface area contributed by atoms with Crippen LogP contribution in [0.4, 0.5) is 0 Å². The normalized spacial score (nSPS) is 10.6. The van der Waals surface area contributed by atoms with Crippen LogP contribution < -0.4 is 15.0 Å². The van der Waals surface area contributed by atoms with Crippen molar-refractivity contribution in [1.82, 2.24) is 9.38 Å². The molecule has 1 aromatic carbocycles. The third-order valence-electron chi connectivity index (χ3n) is 3.46. The highest BCUT2D eigenvalue weighted by Crippen LogP contribution is 2.15. The minimum absolute atomic E-state index is 0.0202. The molecule has 0 aliphatic heterocycles. The smallest absolute Gasteiger partial charge is 0.344 e. The van der Waals surface area contributed by atoms with E-state index < -0.39 is 5.97 Å². The predicted octanol–water partition coefficient (Wildman–Crippen LogP) is 2.62. The fraction of sp³-hybridized carbons (Fsp3) is 0.167. The van der Waals surface area contributed by atoms with E-state index in [4.69, 9.17) is 9.47 Å². The Hall–Kier alpha value is -3.15. The molecule has 0 saturated carbocycles. The van der Waals surface area contributed by atoms with Gasteiger partial charge in [-0.2, -0.15) is 4.98 Å². The van der Waals surface area contributed by atoms with Crippen molar-refractivity contribution in [2.75, 3.05) is 6.61 Å². The third-order valence-corrected chi connectivity index (χ3v) is 3.46. The summed E-state index contributed by atoms with van der Waals surface area (Å²) < 4.78 is 12.0. The molecule has 2 aromatic heterocycles. The molecule has 0 bridgehead atoms. The number of aromatic nitrogens is 2. The Morgan fingerprint density at radius 1 is 1.21 bits per heavy atom. The molecule has 0 unspecified atom stereocenters. The topological polar surface area (TPSA) is 69.9 Å². The number of aryl methyl sites for hydroxylation is 1. The van der Waals surface area contributed by atoms with Gasteiger partial charge in [-0.25, -0.2) is 4.79 Å². The summed E-state index contributed by atoms with van der Waals surface area (Å²) in [5.74, 6) is 0.0721. The highest BCUT2D eigenvalue weighted by molar-refractivity contribution is 5.91. The van der Waals surface area contributed by atoms with Crippen LogP contribution in [0, 0.1) is 6.92 Å². The SMILES string of the molecule is CCOc1ccc(C(=O)Oc2cc(=O)n3cccc(C)c3n2)cc1. The molecule has 0 fully saturated rings. The van der Waals surface area contributed by atoms with Crippen LogP contribution in [0.25, 0.3) is 5.65 Å². The summed E-state index contributed by atoms with van der Waals surface area (Å²) in [5.41, 5.74) is 1.32. The number of nitrogens with zero attached hydrogens (tertiary/aromatic N) is 2. The van der Waals surface area contributed by atoms with Crippen LogP contribution in [0.15, 0.2) is 53.5 Å². The Balaban J connectivity index is 1.87. The minimum Gasteiger partial charge on any atom is -0.494 e. The lowest BCUT2D eigenvalue weighted by Gasteiger charge is -2.07. The Morgan fingerprint density at radius 3 is 2.67 bits per heavy atom. The first-order chi connectivity index (χ1) is 11.6. The van der Waals surface area contributed by atoms with Gasteiger partial charge in [-0.05, 0) is 49.7 Å². The molecule has 0 aliphatic carbocycles. The van der Waals surface area contributed by atoms with E-state index in [0.717, 1.165) is 5.56 Å². The van der Waals surface area contributed by atoms with E-state index in [1.54, 1.807) is 36.5 Å². The fourth-order valence-corrected chi connectivity index (χ4v) is 2.30. The highest BCUT2D eigenvalue weighted by atomic mass is 16.5. The molecule has 6 heteroatoms. The quantitative estimate of drug-likeness (QED) is 0.690. The van der Waals surface area contributed by atoms with E-state index in [0.29, 0.717) is 23.6 Å². The van der Waals surface area contributed by atoms with Gasteiger partial charge >= 0.3 is 5.97 Å². The number of carbonyl (C=O) groups is 1. The van der Waals surface area contributed by atoms with Gasteiger partial charge in [0.1, 0.15) is 11.4 Å². The number of ether oxygens (including phenoxy) is 2. The van der Waals surface area contributed by atoms with Crippen molar-refractivity contribution in [2.24, 2.45) is 0 Å². The standard InChI is InChI=1S/C18H16N2O4/c1-3-23-14-8-6-13(7-9-14)18(22)24-15-11-16(21)20-10-4-5-12(2)17(20)19-15/h4-11H,3H2,1-2H3.